The third-order valence-electron chi connectivity index (χ3n) is 5.66. The molecule has 0 unspecified atom stereocenters. The largest absolute Gasteiger partial charge is 0.459 e. The van der Waals surface area contributed by atoms with Crippen LogP contribution in [0.25, 0.3) is 11.3 Å². The molecule has 1 aliphatic heterocycles. The summed E-state index contributed by atoms with van der Waals surface area (Å²) in [4.78, 5) is 6.47. The Hall–Kier alpha value is -3.11. The normalized spacial score (nSPS) is 17.8. The number of hydrogen-bond acceptors (Lipinski definition) is 5. The predicted octanol–water partition coefficient (Wildman–Crippen LogP) is 6.20. The molecule has 1 saturated heterocycles. The average Bonchev–Trinajstić information content (AvgIpc) is 3.44. The van der Waals surface area contributed by atoms with E-state index in [0.717, 1.165) is 23.2 Å². The van der Waals surface area contributed by atoms with E-state index < -0.39 is 10.0 Å². The maximum Gasteiger partial charge on any atom is 0.229 e. The minimum atomic E-state index is -3.39. The molecular formula is C25H20Cl2N4O3S2. The lowest BCUT2D eigenvalue weighted by molar-refractivity contribution is 0.439. The van der Waals surface area contributed by atoms with Crippen molar-refractivity contribution in [3.63, 3.8) is 0 Å². The minimum Gasteiger partial charge on any atom is -0.459 e. The topological polar surface area (TPSA) is 87.5 Å². The molecule has 4 aromatic rings. The number of anilines is 2. The highest BCUT2D eigenvalue weighted by Crippen LogP contribution is 2.43. The minimum absolute atomic E-state index is 0.299. The molecule has 7 nitrogen and oxygen atoms in total. The highest BCUT2D eigenvalue weighted by molar-refractivity contribution is 7.92. The Kier molecular flexibility index (Phi) is 6.65. The summed E-state index contributed by atoms with van der Waals surface area (Å²) >= 11 is 18.2. The van der Waals surface area contributed by atoms with Gasteiger partial charge in [0.15, 0.2) is 5.11 Å². The Morgan fingerprint density at radius 1 is 1.06 bits per heavy atom. The molecule has 0 saturated carbocycles. The SMILES string of the molecule is CS(=O)(=O)Nc1ccc(N2C(=S)N[C@H](c3ccccn3)[C@@H]2c2ccc(-c3ccc(Cl)cc3Cl)o2)cc1. The van der Waals surface area contributed by atoms with Gasteiger partial charge in [0, 0.05) is 28.2 Å². The van der Waals surface area contributed by atoms with Gasteiger partial charge in [-0.2, -0.15) is 0 Å². The van der Waals surface area contributed by atoms with Gasteiger partial charge in [-0.25, -0.2) is 8.42 Å². The molecule has 2 aromatic heterocycles. The summed E-state index contributed by atoms with van der Waals surface area (Å²) in [7, 11) is -3.39. The van der Waals surface area contributed by atoms with Crippen LogP contribution < -0.4 is 14.9 Å². The molecule has 0 radical (unpaired) electrons. The van der Waals surface area contributed by atoms with Crippen LogP contribution in [-0.2, 0) is 10.0 Å². The summed E-state index contributed by atoms with van der Waals surface area (Å²) in [6, 6.07) is 21.0. The van der Waals surface area contributed by atoms with E-state index >= 15 is 0 Å². The number of thiocarbonyl (C=S) groups is 1. The number of halogens is 2. The fourth-order valence-corrected chi connectivity index (χ4v) is 5.58. The van der Waals surface area contributed by atoms with Crippen molar-refractivity contribution < 1.29 is 12.8 Å². The zero-order valence-electron chi connectivity index (χ0n) is 18.9. The summed E-state index contributed by atoms with van der Waals surface area (Å²) in [5.41, 5.74) is 2.73. The van der Waals surface area contributed by atoms with Gasteiger partial charge in [-0.05, 0) is 78.9 Å². The van der Waals surface area contributed by atoms with Gasteiger partial charge in [0.1, 0.15) is 17.6 Å². The van der Waals surface area contributed by atoms with Crippen LogP contribution in [0.1, 0.15) is 23.5 Å². The first-order valence-electron chi connectivity index (χ1n) is 10.8. The zero-order chi connectivity index (χ0) is 25.4. The van der Waals surface area contributed by atoms with Gasteiger partial charge in [-0.3, -0.25) is 9.71 Å². The highest BCUT2D eigenvalue weighted by atomic mass is 35.5. The monoisotopic (exact) mass is 558 g/mol. The van der Waals surface area contributed by atoms with Crippen LogP contribution in [0.4, 0.5) is 11.4 Å². The molecular weight excluding hydrogens is 539 g/mol. The van der Waals surface area contributed by atoms with E-state index in [4.69, 9.17) is 39.8 Å². The van der Waals surface area contributed by atoms with Gasteiger partial charge < -0.3 is 14.6 Å². The summed E-state index contributed by atoms with van der Waals surface area (Å²) in [5.74, 6) is 1.24. The van der Waals surface area contributed by atoms with E-state index in [1.807, 2.05) is 41.3 Å². The molecule has 1 aliphatic rings. The number of nitrogens with zero attached hydrogens (tertiary/aromatic N) is 2. The molecule has 2 atom stereocenters. The van der Waals surface area contributed by atoms with Crippen molar-refractivity contribution in [3.05, 3.63) is 100 Å². The first-order chi connectivity index (χ1) is 17.2. The molecule has 36 heavy (non-hydrogen) atoms. The number of furan rings is 1. The standard InChI is InChI=1S/C25H20Cl2N4O3S2/c1-36(32,33)30-16-6-8-17(9-7-16)31-24(23(29-25(31)35)20-4-2-3-13-28-20)22-12-11-21(34-22)18-10-5-15(26)14-19(18)27/h2-14,23-24,30H,1H3,(H,29,35)/t23-,24+/m1/s1. The maximum absolute atomic E-state index is 11.6. The Morgan fingerprint density at radius 2 is 1.83 bits per heavy atom. The van der Waals surface area contributed by atoms with Crippen LogP contribution in [0.3, 0.4) is 0 Å². The van der Waals surface area contributed by atoms with E-state index in [1.54, 1.807) is 42.6 Å². The summed E-state index contributed by atoms with van der Waals surface area (Å²) < 4.78 is 32.0. The van der Waals surface area contributed by atoms with E-state index in [1.165, 1.54) is 0 Å². The van der Waals surface area contributed by atoms with Crippen LogP contribution in [0.2, 0.25) is 10.0 Å². The molecule has 0 bridgehead atoms. The van der Waals surface area contributed by atoms with Crippen LogP contribution in [0.5, 0.6) is 0 Å². The molecule has 184 valence electrons. The second-order valence-corrected chi connectivity index (χ2v) is 11.2. The maximum atomic E-state index is 11.6. The van der Waals surface area contributed by atoms with E-state index in [-0.39, 0.29) is 12.1 Å². The third kappa shape index (κ3) is 5.05. The Morgan fingerprint density at radius 3 is 2.50 bits per heavy atom. The van der Waals surface area contributed by atoms with E-state index in [0.29, 0.717) is 32.4 Å². The Balaban J connectivity index is 1.56. The zero-order valence-corrected chi connectivity index (χ0v) is 22.0. The van der Waals surface area contributed by atoms with Gasteiger partial charge in [0.25, 0.3) is 0 Å². The third-order valence-corrected chi connectivity index (χ3v) is 7.13. The smallest absolute Gasteiger partial charge is 0.229 e. The quantitative estimate of drug-likeness (QED) is 0.272. The highest BCUT2D eigenvalue weighted by Gasteiger charge is 2.42. The average molecular weight is 560 g/mol. The second-order valence-electron chi connectivity index (χ2n) is 8.24. The molecule has 5 rings (SSSR count). The molecule has 2 aromatic carbocycles. The summed E-state index contributed by atoms with van der Waals surface area (Å²) in [5, 5.41) is 4.88. The van der Waals surface area contributed by atoms with Gasteiger partial charge in [0.05, 0.1) is 23.0 Å². The van der Waals surface area contributed by atoms with Crippen LogP contribution in [0, 0.1) is 0 Å². The van der Waals surface area contributed by atoms with Crippen molar-refractivity contribution in [3.8, 4) is 11.3 Å². The van der Waals surface area contributed by atoms with Crippen molar-refractivity contribution in [1.29, 1.82) is 0 Å². The second kappa shape index (κ2) is 9.74. The molecule has 3 heterocycles. The lowest BCUT2D eigenvalue weighted by atomic mass is 10.0. The first kappa shape index (κ1) is 24.6. The predicted molar refractivity (Wildman–Crippen MR) is 147 cm³/mol. The lowest BCUT2D eigenvalue weighted by Gasteiger charge is -2.26. The number of pyridine rings is 1. The van der Waals surface area contributed by atoms with Gasteiger partial charge in [-0.15, -0.1) is 0 Å². The van der Waals surface area contributed by atoms with Gasteiger partial charge in [0.2, 0.25) is 10.0 Å². The Bertz CT molecular complexity index is 1530. The number of rotatable bonds is 6. The number of nitrogens with one attached hydrogen (secondary N) is 2. The van der Waals surface area contributed by atoms with Crippen molar-refractivity contribution in [1.82, 2.24) is 10.3 Å². The molecule has 0 spiro atoms. The Labute approximate surface area is 224 Å². The lowest BCUT2D eigenvalue weighted by Crippen LogP contribution is -2.29. The van der Waals surface area contributed by atoms with Crippen molar-refractivity contribution in [2.45, 2.75) is 12.1 Å². The van der Waals surface area contributed by atoms with Crippen molar-refractivity contribution in [2.24, 2.45) is 0 Å². The van der Waals surface area contributed by atoms with Gasteiger partial charge >= 0.3 is 0 Å². The summed E-state index contributed by atoms with van der Waals surface area (Å²) in [6.45, 7) is 0. The molecule has 1 fully saturated rings. The fourth-order valence-electron chi connectivity index (χ4n) is 4.17. The van der Waals surface area contributed by atoms with Crippen LogP contribution in [-0.4, -0.2) is 24.8 Å². The number of hydrogen-bond donors (Lipinski definition) is 2. The van der Waals surface area contributed by atoms with Crippen LogP contribution >= 0.6 is 35.4 Å². The number of sulfonamides is 1. The molecule has 0 aliphatic carbocycles. The number of aromatic nitrogens is 1. The van der Waals surface area contributed by atoms with Crippen molar-refractivity contribution in [2.75, 3.05) is 15.9 Å². The number of benzene rings is 2. The van der Waals surface area contributed by atoms with E-state index in [9.17, 15) is 8.42 Å². The van der Waals surface area contributed by atoms with Crippen LogP contribution in [0.15, 0.2) is 83.4 Å². The first-order valence-corrected chi connectivity index (χ1v) is 13.9. The summed E-state index contributed by atoms with van der Waals surface area (Å²) in [6.07, 6.45) is 2.84. The molecule has 0 amide bonds. The van der Waals surface area contributed by atoms with E-state index in [2.05, 4.69) is 15.0 Å². The molecule has 2 N–H and O–H groups in total. The molecule has 11 heteroatoms. The van der Waals surface area contributed by atoms with Gasteiger partial charge in [-0.1, -0.05) is 29.3 Å². The fraction of sp³-hybridized carbons (Fsp3) is 0.120. The van der Waals surface area contributed by atoms with Crippen molar-refractivity contribution >= 4 is 61.9 Å².